The average molecular weight is 447 g/mol. The lowest BCUT2D eigenvalue weighted by molar-refractivity contribution is -0.117. The Labute approximate surface area is 171 Å². The molecule has 0 aliphatic carbocycles. The molecule has 0 radical (unpaired) electrons. The van der Waals surface area contributed by atoms with Crippen LogP contribution in [0.5, 0.6) is 0 Å². The zero-order valence-corrected chi connectivity index (χ0v) is 16.0. The van der Waals surface area contributed by atoms with Gasteiger partial charge in [0, 0.05) is 0 Å². The maximum absolute atomic E-state index is 12.2. The highest BCUT2D eigenvalue weighted by atomic mass is 35.5. The normalized spacial score (nSPS) is 16.1. The van der Waals surface area contributed by atoms with Gasteiger partial charge in [0.25, 0.3) is 5.56 Å². The zero-order chi connectivity index (χ0) is 21.5. The fraction of sp³-hybridized carbons (Fsp3) is 0.375. The third kappa shape index (κ3) is 4.12. The molecule has 0 saturated heterocycles. The number of aliphatic hydroxyl groups is 5. The van der Waals surface area contributed by atoms with Crippen molar-refractivity contribution >= 4 is 34.2 Å². The Hall–Kier alpha value is -2.12. The molecule has 1 aromatic rings. The molecule has 1 aromatic carbocycles. The van der Waals surface area contributed by atoms with E-state index in [0.29, 0.717) is 0 Å². The molecule has 0 fully saturated rings. The van der Waals surface area contributed by atoms with E-state index < -0.39 is 48.8 Å². The van der Waals surface area contributed by atoms with Crippen LogP contribution < -0.4 is 11.2 Å². The first-order valence-corrected chi connectivity index (χ1v) is 9.02. The predicted octanol–water partition coefficient (Wildman–Crippen LogP) is -1.67. The van der Waals surface area contributed by atoms with Crippen LogP contribution in [0.2, 0.25) is 10.0 Å². The summed E-state index contributed by atoms with van der Waals surface area (Å²) >= 11 is 12.0. The second kappa shape index (κ2) is 8.32. The Morgan fingerprint density at radius 2 is 1.62 bits per heavy atom. The van der Waals surface area contributed by atoms with E-state index in [2.05, 4.69) is 9.97 Å². The van der Waals surface area contributed by atoms with E-state index >= 15 is 0 Å². The van der Waals surface area contributed by atoms with Gasteiger partial charge in [-0.15, -0.1) is 0 Å². The number of hydrogen-bond donors (Lipinski definition) is 6. The molecule has 29 heavy (non-hydrogen) atoms. The van der Waals surface area contributed by atoms with Gasteiger partial charge in [-0.25, -0.2) is 9.78 Å². The van der Waals surface area contributed by atoms with Gasteiger partial charge in [0.05, 0.1) is 34.2 Å². The molecule has 156 valence electrons. The summed E-state index contributed by atoms with van der Waals surface area (Å²) in [4.78, 5) is 33.7. The molecule has 0 bridgehead atoms. The van der Waals surface area contributed by atoms with Crippen LogP contribution in [-0.2, 0) is 6.54 Å². The van der Waals surface area contributed by atoms with Gasteiger partial charge in [-0.05, 0) is 12.1 Å². The molecule has 13 heteroatoms. The summed E-state index contributed by atoms with van der Waals surface area (Å²) in [7, 11) is 0. The number of aliphatic hydroxyl groups excluding tert-OH is 5. The molecule has 0 spiro atoms. The SMILES string of the molecule is O=c1nc2n(CC(O)C(O)C(O)C(O)CO)c3cc(Cl)c(Cl)cc3nc-2c(=O)[nH]1. The first-order chi connectivity index (χ1) is 13.6. The van der Waals surface area contributed by atoms with Crippen LogP contribution in [0, 0.1) is 0 Å². The third-order valence-corrected chi connectivity index (χ3v) is 5.07. The lowest BCUT2D eigenvalue weighted by Gasteiger charge is -2.27. The number of halogens is 2. The molecular formula is C16H16Cl2N4O7. The van der Waals surface area contributed by atoms with Crippen LogP contribution in [0.1, 0.15) is 0 Å². The maximum Gasteiger partial charge on any atom is 0.349 e. The Morgan fingerprint density at radius 3 is 2.28 bits per heavy atom. The van der Waals surface area contributed by atoms with Gasteiger partial charge in [0.2, 0.25) is 0 Å². The second-order valence-electron chi connectivity index (χ2n) is 6.32. The quantitative estimate of drug-likeness (QED) is 0.241. The summed E-state index contributed by atoms with van der Waals surface area (Å²) in [6, 6.07) is 2.74. The van der Waals surface area contributed by atoms with Crippen molar-refractivity contribution in [2.75, 3.05) is 6.61 Å². The Balaban J connectivity index is 2.19. The minimum atomic E-state index is -1.88. The van der Waals surface area contributed by atoms with E-state index in [1.165, 1.54) is 16.7 Å². The van der Waals surface area contributed by atoms with Crippen molar-refractivity contribution in [3.05, 3.63) is 43.0 Å². The molecule has 2 aliphatic heterocycles. The minimum Gasteiger partial charge on any atom is -0.394 e. The monoisotopic (exact) mass is 446 g/mol. The van der Waals surface area contributed by atoms with Crippen LogP contribution in [0.25, 0.3) is 22.6 Å². The number of aromatic amines is 1. The summed E-state index contributed by atoms with van der Waals surface area (Å²) in [5.41, 5.74) is -1.59. The van der Waals surface area contributed by atoms with E-state index in [1.807, 2.05) is 4.98 Å². The highest BCUT2D eigenvalue weighted by Crippen LogP contribution is 2.30. The Kier molecular flexibility index (Phi) is 6.19. The molecule has 0 saturated carbocycles. The molecule has 2 heterocycles. The van der Waals surface area contributed by atoms with Gasteiger partial charge in [-0.1, -0.05) is 23.2 Å². The molecule has 3 rings (SSSR count). The highest BCUT2D eigenvalue weighted by Gasteiger charge is 2.31. The summed E-state index contributed by atoms with van der Waals surface area (Å²) in [5, 5.41) is 48.9. The van der Waals surface area contributed by atoms with E-state index in [-0.39, 0.29) is 32.6 Å². The lowest BCUT2D eigenvalue weighted by atomic mass is 10.0. The topological polar surface area (TPSA) is 182 Å². The van der Waals surface area contributed by atoms with E-state index in [0.717, 1.165) is 0 Å². The largest absolute Gasteiger partial charge is 0.394 e. The number of rotatable bonds is 6. The average Bonchev–Trinajstić information content (AvgIpc) is 2.68. The van der Waals surface area contributed by atoms with Crippen molar-refractivity contribution in [1.29, 1.82) is 0 Å². The summed E-state index contributed by atoms with van der Waals surface area (Å²) in [5.74, 6) is -0.201. The number of benzene rings is 1. The smallest absolute Gasteiger partial charge is 0.349 e. The molecule has 6 N–H and O–H groups in total. The molecule has 0 amide bonds. The maximum atomic E-state index is 12.2. The summed E-state index contributed by atoms with van der Waals surface area (Å²) in [6.45, 7) is -1.32. The molecule has 4 unspecified atom stereocenters. The first-order valence-electron chi connectivity index (χ1n) is 8.26. The Bertz CT molecular complexity index is 1130. The molecule has 0 aromatic heterocycles. The van der Waals surface area contributed by atoms with Crippen molar-refractivity contribution in [2.24, 2.45) is 0 Å². The van der Waals surface area contributed by atoms with Gasteiger partial charge in [0.15, 0.2) is 11.5 Å². The van der Waals surface area contributed by atoms with Crippen molar-refractivity contribution in [2.45, 2.75) is 31.0 Å². The zero-order valence-electron chi connectivity index (χ0n) is 14.5. The highest BCUT2D eigenvalue weighted by molar-refractivity contribution is 6.42. The molecule has 4 atom stereocenters. The van der Waals surface area contributed by atoms with Crippen LogP contribution in [0.3, 0.4) is 0 Å². The summed E-state index contributed by atoms with van der Waals surface area (Å²) in [6.07, 6.45) is -7.13. The van der Waals surface area contributed by atoms with Crippen molar-refractivity contribution in [3.8, 4) is 11.5 Å². The number of nitrogens with zero attached hydrogens (tertiary/aromatic N) is 3. The fourth-order valence-corrected chi connectivity index (χ4v) is 3.15. The number of aromatic nitrogens is 4. The minimum absolute atomic E-state index is 0.118. The second-order valence-corrected chi connectivity index (χ2v) is 7.13. The van der Waals surface area contributed by atoms with Gasteiger partial charge in [-0.3, -0.25) is 9.78 Å². The van der Waals surface area contributed by atoms with Gasteiger partial charge in [-0.2, -0.15) is 4.98 Å². The van der Waals surface area contributed by atoms with Gasteiger partial charge in [0.1, 0.15) is 24.4 Å². The van der Waals surface area contributed by atoms with Crippen molar-refractivity contribution in [1.82, 2.24) is 19.5 Å². The van der Waals surface area contributed by atoms with Crippen LogP contribution >= 0.6 is 23.2 Å². The van der Waals surface area contributed by atoms with E-state index in [1.54, 1.807) is 0 Å². The lowest BCUT2D eigenvalue weighted by Crippen LogP contribution is -2.47. The predicted molar refractivity (Wildman–Crippen MR) is 102 cm³/mol. The molecule has 2 aliphatic rings. The third-order valence-electron chi connectivity index (χ3n) is 4.35. The van der Waals surface area contributed by atoms with Crippen molar-refractivity contribution in [3.63, 3.8) is 0 Å². The standard InChI is InChI=1S/C16H16Cl2N4O7/c17-5-1-7-8(2-6(5)18)22(3-9(24)12(26)13(27)10(25)4-23)14-11(19-7)15(28)21-16(29)20-14/h1-2,9-10,12-13,23-27H,3-4H2,(H,21,28,29). The first kappa shape index (κ1) is 21.6. The number of nitrogens with one attached hydrogen (secondary N) is 1. The van der Waals surface area contributed by atoms with Crippen LogP contribution in [0.4, 0.5) is 0 Å². The van der Waals surface area contributed by atoms with Gasteiger partial charge < -0.3 is 30.1 Å². The van der Waals surface area contributed by atoms with Crippen molar-refractivity contribution < 1.29 is 25.5 Å². The summed E-state index contributed by atoms with van der Waals surface area (Å²) < 4.78 is 1.21. The van der Waals surface area contributed by atoms with Gasteiger partial charge >= 0.3 is 5.69 Å². The number of H-pyrrole nitrogens is 1. The molecule has 11 nitrogen and oxygen atoms in total. The number of hydrogen-bond acceptors (Lipinski definition) is 9. The van der Waals surface area contributed by atoms with Crippen LogP contribution in [0.15, 0.2) is 21.7 Å². The fourth-order valence-electron chi connectivity index (χ4n) is 2.83. The van der Waals surface area contributed by atoms with E-state index in [4.69, 9.17) is 28.3 Å². The molecular weight excluding hydrogens is 431 g/mol. The number of fused-ring (bicyclic) bond motifs is 2. The Morgan fingerprint density at radius 1 is 1.00 bits per heavy atom. The van der Waals surface area contributed by atoms with Crippen LogP contribution in [-0.4, -0.2) is 76.1 Å². The van der Waals surface area contributed by atoms with E-state index in [9.17, 15) is 30.0 Å².